The number of nitrogens with zero attached hydrogens (tertiary/aromatic N) is 1. The SMILES string of the molecule is CC(=O)O[N+](=O)O.[Cl][Ru].[La]. The molecule has 0 unspecified atom stereocenters. The smallest absolute Gasteiger partial charge is 0 e. The van der Waals surface area contributed by atoms with Gasteiger partial charge >= 0.3 is 38.1 Å². The van der Waals surface area contributed by atoms with E-state index >= 15 is 0 Å². The quantitative estimate of drug-likeness (QED) is 0.525. The molecule has 58 valence electrons. The minimum atomic E-state index is -0.900. The zero-order chi connectivity index (χ0) is 7.86. The van der Waals surface area contributed by atoms with Gasteiger partial charge in [0, 0.05) is 42.5 Å². The van der Waals surface area contributed by atoms with Crippen LogP contribution in [0.3, 0.4) is 0 Å². The standard InChI is InChI=1S/C2H4NO4.ClH.La.Ru/c1-2(4)7-3(5)6;;;/h1H3,(H,5,6);1H;;/q+1;;;+1/p-1. The number of halogens is 1. The second-order valence-corrected chi connectivity index (χ2v) is 0.821. The average molecular weight is 381 g/mol. The van der Waals surface area contributed by atoms with Crippen LogP contribution >= 0.6 is 9.69 Å². The molecule has 0 aliphatic rings. The molecule has 0 aliphatic carbocycles. The van der Waals surface area contributed by atoms with Crippen molar-refractivity contribution >= 4 is 15.7 Å². The summed E-state index contributed by atoms with van der Waals surface area (Å²) in [6, 6.07) is 0. The van der Waals surface area contributed by atoms with Crippen LogP contribution in [0, 0.1) is 40.5 Å². The predicted octanol–water partition coefficient (Wildman–Crippen LogP) is 0.320. The topological polar surface area (TPSA) is 66.6 Å². The van der Waals surface area contributed by atoms with Crippen LogP contribution in [0.5, 0.6) is 0 Å². The average Bonchev–Trinajstić information content (AvgIpc) is 1.68. The number of carbonyl (C=O) groups is 1. The van der Waals surface area contributed by atoms with Crippen LogP contribution in [0.2, 0.25) is 0 Å². The zero-order valence-corrected chi connectivity index (χ0v) is 11.0. The van der Waals surface area contributed by atoms with E-state index in [1.807, 2.05) is 17.3 Å². The van der Waals surface area contributed by atoms with Gasteiger partial charge in [0.25, 0.3) is 0 Å². The molecule has 0 fully saturated rings. The van der Waals surface area contributed by atoms with Gasteiger partial charge in [0.15, 0.2) is 0 Å². The molecule has 0 aromatic carbocycles. The van der Waals surface area contributed by atoms with E-state index in [2.05, 4.69) is 14.5 Å². The van der Waals surface area contributed by atoms with Crippen LogP contribution in [-0.2, 0) is 26.9 Å². The van der Waals surface area contributed by atoms with E-state index in [1.54, 1.807) is 0 Å². The third kappa shape index (κ3) is 23.1. The molecule has 0 bridgehead atoms. The first kappa shape index (κ1) is 17.2. The summed E-state index contributed by atoms with van der Waals surface area (Å²) >= 11 is 1.82. The first-order chi connectivity index (χ1) is 4.13. The number of carbonyl (C=O) groups excluding carboxylic acids is 1. The van der Waals surface area contributed by atoms with Gasteiger partial charge in [-0.2, -0.15) is 5.21 Å². The summed E-state index contributed by atoms with van der Waals surface area (Å²) in [5.74, 6) is -0.850. The Bertz CT molecular complexity index is 99.4. The first-order valence-corrected chi connectivity index (χ1v) is 3.85. The van der Waals surface area contributed by atoms with Gasteiger partial charge in [0.2, 0.25) is 0 Å². The van der Waals surface area contributed by atoms with Gasteiger partial charge in [-0.3, -0.25) is 0 Å². The molecule has 1 N–H and O–H groups in total. The number of hydrogen-bond donors (Lipinski definition) is 1. The van der Waals surface area contributed by atoms with Gasteiger partial charge in [-0.05, 0) is 0 Å². The summed E-state index contributed by atoms with van der Waals surface area (Å²) in [7, 11) is 4.57. The van der Waals surface area contributed by atoms with Gasteiger partial charge in [-0.15, -0.1) is 4.84 Å². The molecule has 0 saturated carbocycles. The molecule has 0 spiro atoms. The summed E-state index contributed by atoms with van der Waals surface area (Å²) in [6.07, 6.45) is 0. The number of hydrogen-bond acceptors (Lipinski definition) is 3. The Balaban J connectivity index is -0.000000149. The van der Waals surface area contributed by atoms with Crippen LogP contribution in [0.1, 0.15) is 6.92 Å². The second kappa shape index (κ2) is 12.6. The molecular weight excluding hydrogens is 377 g/mol. The molecule has 0 aromatic rings. The van der Waals surface area contributed by atoms with Crippen LogP contribution in [0.25, 0.3) is 0 Å². The zero-order valence-electron chi connectivity index (χ0n) is 4.93. The maximum absolute atomic E-state index is 9.63. The Hall–Kier alpha value is 0.978. The Morgan fingerprint density at radius 2 is 2.00 bits per heavy atom. The molecule has 5 nitrogen and oxygen atoms in total. The van der Waals surface area contributed by atoms with E-state index in [0.717, 1.165) is 6.92 Å². The van der Waals surface area contributed by atoms with Crippen molar-refractivity contribution in [1.82, 2.24) is 0 Å². The van der Waals surface area contributed by atoms with Crippen molar-refractivity contribution in [3.8, 4) is 0 Å². The van der Waals surface area contributed by atoms with E-state index in [9.17, 15) is 9.70 Å². The van der Waals surface area contributed by atoms with E-state index < -0.39 is 11.1 Å². The number of rotatable bonds is 1. The Morgan fingerprint density at radius 1 is 1.70 bits per heavy atom. The van der Waals surface area contributed by atoms with Crippen LogP contribution in [0.15, 0.2) is 0 Å². The molecule has 0 heterocycles. The van der Waals surface area contributed by atoms with E-state index in [-0.39, 0.29) is 35.6 Å². The fourth-order valence-electron chi connectivity index (χ4n) is 0.110. The van der Waals surface area contributed by atoms with Crippen LogP contribution in [-0.4, -0.2) is 16.3 Å². The minimum Gasteiger partial charge on any atom is 0 e. The fourth-order valence-corrected chi connectivity index (χ4v) is 0.110. The molecule has 0 saturated heterocycles. The van der Waals surface area contributed by atoms with Crippen molar-refractivity contribution in [2.45, 2.75) is 6.92 Å². The van der Waals surface area contributed by atoms with Gasteiger partial charge in [0.1, 0.15) is 4.91 Å². The third-order valence-electron chi connectivity index (χ3n) is 0.207. The maximum atomic E-state index is 9.63. The van der Waals surface area contributed by atoms with Gasteiger partial charge in [0.05, 0.1) is 0 Å². The van der Waals surface area contributed by atoms with Gasteiger partial charge in [-0.1, -0.05) is 0 Å². The van der Waals surface area contributed by atoms with E-state index in [1.165, 1.54) is 0 Å². The van der Waals surface area contributed by atoms with E-state index in [0.29, 0.717) is 0 Å². The fraction of sp³-hybridized carbons (Fsp3) is 0.500. The summed E-state index contributed by atoms with van der Waals surface area (Å²) in [6.45, 7) is 1.00. The summed E-state index contributed by atoms with van der Waals surface area (Å²) in [5, 5.41) is 6.66. The van der Waals surface area contributed by atoms with Crippen molar-refractivity contribution in [2.24, 2.45) is 0 Å². The summed E-state index contributed by atoms with van der Waals surface area (Å²) in [4.78, 5) is 22.4. The minimum absolute atomic E-state index is 0. The molecule has 0 aliphatic heterocycles. The van der Waals surface area contributed by atoms with Crippen molar-refractivity contribution in [3.05, 3.63) is 4.91 Å². The second-order valence-electron chi connectivity index (χ2n) is 0.821. The van der Waals surface area contributed by atoms with Crippen LogP contribution in [0.4, 0.5) is 0 Å². The summed E-state index contributed by atoms with van der Waals surface area (Å²) < 4.78 is 0. The first-order valence-electron chi connectivity index (χ1n) is 1.61. The van der Waals surface area contributed by atoms with Crippen LogP contribution < -0.4 is 0 Å². The van der Waals surface area contributed by atoms with Gasteiger partial charge < -0.3 is 0 Å². The van der Waals surface area contributed by atoms with Crippen molar-refractivity contribution in [2.75, 3.05) is 0 Å². The monoisotopic (exact) mass is 382 g/mol. The summed E-state index contributed by atoms with van der Waals surface area (Å²) in [5.41, 5.74) is 0. The predicted molar refractivity (Wildman–Crippen MR) is 23.0 cm³/mol. The Labute approximate surface area is 99.2 Å². The molecular formula is C2H4ClLaNO4Ru+. The maximum Gasteiger partial charge on any atom is 0 e. The molecule has 0 aromatic heterocycles. The normalized spacial score (nSPS) is 5.90. The van der Waals surface area contributed by atoms with Crippen molar-refractivity contribution < 1.29 is 72.8 Å². The third-order valence-corrected chi connectivity index (χ3v) is 0.207. The van der Waals surface area contributed by atoms with E-state index in [4.69, 9.17) is 5.21 Å². The molecule has 0 amide bonds. The molecule has 0 rings (SSSR count). The molecule has 1 radical (unpaired) electrons. The molecule has 10 heavy (non-hydrogen) atoms. The molecule has 8 heteroatoms. The van der Waals surface area contributed by atoms with Gasteiger partial charge in [-0.25, -0.2) is 4.79 Å². The molecule has 0 atom stereocenters. The Kier molecular flexibility index (Phi) is 21.7. The van der Waals surface area contributed by atoms with Crippen molar-refractivity contribution in [3.63, 3.8) is 0 Å². The van der Waals surface area contributed by atoms with Crippen molar-refractivity contribution in [1.29, 1.82) is 0 Å². The Morgan fingerprint density at radius 3 is 2.00 bits per heavy atom. The largest absolute Gasteiger partial charge is 0 e.